The van der Waals surface area contributed by atoms with E-state index >= 15 is 0 Å². The molecule has 19 unspecified atom stereocenters. The van der Waals surface area contributed by atoms with E-state index in [9.17, 15) is 24.0 Å². The number of carbonyl (C=O) groups is 5. The zero-order valence-electron chi connectivity index (χ0n) is 44.3. The number of halogens is 1. The molecule has 76 heavy (non-hydrogen) atoms. The highest BCUT2D eigenvalue weighted by atomic mass is 127. The molecular formula is C70H79IO5. The summed E-state index contributed by atoms with van der Waals surface area (Å²) in [6, 6.07) is 53.2. The van der Waals surface area contributed by atoms with E-state index in [2.05, 4.69) is 168 Å². The predicted molar refractivity (Wildman–Crippen MR) is 312 cm³/mol. The van der Waals surface area contributed by atoms with E-state index in [0.29, 0.717) is 71.0 Å². The Hall–Kier alpha value is -5.08. The number of rotatable bonds is 9. The summed E-state index contributed by atoms with van der Waals surface area (Å²) in [5.74, 6) is 11.7. The van der Waals surface area contributed by atoms with Crippen molar-refractivity contribution in [3.63, 3.8) is 0 Å². The first-order valence-electron chi connectivity index (χ1n) is 29.2. The van der Waals surface area contributed by atoms with Crippen molar-refractivity contribution < 1.29 is 24.0 Å². The molecule has 5 aromatic carbocycles. The highest BCUT2D eigenvalue weighted by Gasteiger charge is 2.49. The Kier molecular flexibility index (Phi) is 18.6. The van der Waals surface area contributed by atoms with E-state index in [1.54, 1.807) is 0 Å². The van der Waals surface area contributed by atoms with E-state index < -0.39 is 0 Å². The van der Waals surface area contributed by atoms with Crippen LogP contribution in [0.2, 0.25) is 0 Å². The standard InChI is InChI=1S/4C14H16O.C8H10O.C6H5I/c2*15-9-12-6-10-7-13(14(12)8-10)11-4-2-1-3-5-11;2*15-9-13-7-12-6-11(13)8-14(12)10-4-2-1-3-5-10;9-5-8-4-6-1-2-7(8)3-6;7-6-4-2-1-3-5-6/h2*1-5,9-10,12-14H,6-8H2;2*1-5,9,11-14H,6-8H2;1-2,5-8H,3-4H2;1-5H. The van der Waals surface area contributed by atoms with Gasteiger partial charge in [-0.15, -0.1) is 0 Å². The monoisotopic (exact) mass is 1130 g/mol. The molecule has 0 saturated heterocycles. The van der Waals surface area contributed by atoms with Crippen molar-refractivity contribution in [3.8, 4) is 0 Å². The molecule has 15 rings (SSSR count). The predicted octanol–water partition coefficient (Wildman–Crippen LogP) is 15.7. The molecule has 10 aliphatic carbocycles. The average molecular weight is 1130 g/mol. The van der Waals surface area contributed by atoms with E-state index in [1.807, 2.05) is 18.2 Å². The summed E-state index contributed by atoms with van der Waals surface area (Å²) in [4.78, 5) is 54.0. The van der Waals surface area contributed by atoms with Gasteiger partial charge in [0.25, 0.3) is 0 Å². The summed E-state index contributed by atoms with van der Waals surface area (Å²) in [6.07, 6.45) is 27.5. The van der Waals surface area contributed by atoms with E-state index in [-0.39, 0.29) is 0 Å². The molecule has 0 aliphatic heterocycles. The van der Waals surface area contributed by atoms with Crippen LogP contribution in [0, 0.1) is 92.3 Å². The maximum Gasteiger partial charge on any atom is 0.123 e. The first kappa shape index (κ1) is 54.3. The molecule has 0 N–H and O–H groups in total. The SMILES string of the molecule is Ic1ccccc1.O=CC1CC2C=CC1C2.O=CC1CC2CC(c3ccccc3)C1C2.O=CC1CC2CC(c3ccccc3)C1C2.O=CC1CC2CC1CC2c1ccccc1.O=CC1CC2CC1CC2c1ccccc1. The first-order chi connectivity index (χ1) is 37.3. The second-order valence-corrected chi connectivity index (χ2v) is 25.8. The van der Waals surface area contributed by atoms with Gasteiger partial charge in [0.2, 0.25) is 0 Å². The topological polar surface area (TPSA) is 85.3 Å². The molecule has 19 atom stereocenters. The van der Waals surface area contributed by atoms with Gasteiger partial charge < -0.3 is 24.0 Å². The van der Waals surface area contributed by atoms with Gasteiger partial charge in [0.15, 0.2) is 0 Å². The van der Waals surface area contributed by atoms with E-state index in [4.69, 9.17) is 0 Å². The Morgan fingerprint density at radius 1 is 0.303 bits per heavy atom. The minimum Gasteiger partial charge on any atom is -0.303 e. The summed E-state index contributed by atoms with van der Waals surface area (Å²) in [7, 11) is 0. The maximum atomic E-state index is 11.0. The van der Waals surface area contributed by atoms with E-state index in [0.717, 1.165) is 79.8 Å². The van der Waals surface area contributed by atoms with Gasteiger partial charge >= 0.3 is 0 Å². The van der Waals surface area contributed by atoms with Crippen LogP contribution >= 0.6 is 22.6 Å². The number of fused-ring (bicyclic) bond motifs is 10. The van der Waals surface area contributed by atoms with Crippen molar-refractivity contribution in [1.82, 2.24) is 0 Å². The highest BCUT2D eigenvalue weighted by Crippen LogP contribution is 2.58. The van der Waals surface area contributed by atoms with Crippen molar-refractivity contribution in [2.75, 3.05) is 0 Å². The van der Waals surface area contributed by atoms with Gasteiger partial charge in [0.05, 0.1) is 0 Å². The molecule has 0 aromatic heterocycles. The zero-order chi connectivity index (χ0) is 52.4. The molecule has 5 aromatic rings. The molecule has 396 valence electrons. The number of hydrogen-bond donors (Lipinski definition) is 0. The molecule has 0 amide bonds. The van der Waals surface area contributed by atoms with Crippen LogP contribution in [-0.4, -0.2) is 31.4 Å². The van der Waals surface area contributed by atoms with Crippen LogP contribution in [0.25, 0.3) is 0 Å². The highest BCUT2D eigenvalue weighted by molar-refractivity contribution is 14.1. The molecule has 10 aliphatic rings. The Labute approximate surface area is 467 Å². The maximum absolute atomic E-state index is 11.0. The second-order valence-electron chi connectivity index (χ2n) is 24.6. The largest absolute Gasteiger partial charge is 0.303 e. The van der Waals surface area contributed by atoms with Crippen molar-refractivity contribution in [1.29, 1.82) is 0 Å². The molecule has 10 bridgehead atoms. The molecule has 6 heteroatoms. The van der Waals surface area contributed by atoms with Crippen LogP contribution in [0.3, 0.4) is 0 Å². The summed E-state index contributed by atoms with van der Waals surface area (Å²) in [5.41, 5.74) is 5.84. The van der Waals surface area contributed by atoms with Crippen LogP contribution < -0.4 is 0 Å². The minimum atomic E-state index is 0.342. The van der Waals surface area contributed by atoms with Gasteiger partial charge in [-0.25, -0.2) is 0 Å². The number of benzene rings is 5. The molecule has 0 spiro atoms. The van der Waals surface area contributed by atoms with Gasteiger partial charge in [0.1, 0.15) is 31.4 Å². The van der Waals surface area contributed by atoms with Crippen molar-refractivity contribution in [2.45, 2.75) is 114 Å². The molecule has 0 heterocycles. The van der Waals surface area contributed by atoms with Crippen LogP contribution in [0.5, 0.6) is 0 Å². The summed E-state index contributed by atoms with van der Waals surface area (Å²) >= 11 is 2.28. The van der Waals surface area contributed by atoms with Crippen LogP contribution in [0.4, 0.5) is 0 Å². The van der Waals surface area contributed by atoms with Gasteiger partial charge in [-0.3, -0.25) is 0 Å². The lowest BCUT2D eigenvalue weighted by Gasteiger charge is -2.26. The Balaban J connectivity index is 0.000000106. The molecule has 5 nitrogen and oxygen atoms in total. The Morgan fingerprint density at radius 3 is 0.934 bits per heavy atom. The zero-order valence-corrected chi connectivity index (χ0v) is 46.4. The second kappa shape index (κ2) is 26.0. The molecule has 9 fully saturated rings. The number of carbonyl (C=O) groups excluding carboxylic acids is 5. The summed E-state index contributed by atoms with van der Waals surface area (Å²) in [6.45, 7) is 0. The van der Waals surface area contributed by atoms with Gasteiger partial charge in [-0.1, -0.05) is 152 Å². The first-order valence-corrected chi connectivity index (χ1v) is 30.3. The fourth-order valence-electron chi connectivity index (χ4n) is 16.9. The number of hydrogen-bond acceptors (Lipinski definition) is 5. The van der Waals surface area contributed by atoms with Crippen LogP contribution in [0.1, 0.15) is 136 Å². The molecule has 0 radical (unpaired) electrons. The Bertz CT molecular complexity index is 2510. The number of aldehydes is 5. The molecular weight excluding hydrogens is 1050 g/mol. The van der Waals surface area contributed by atoms with Gasteiger partial charge in [0, 0.05) is 33.2 Å². The van der Waals surface area contributed by atoms with E-state index in [1.165, 1.54) is 109 Å². The summed E-state index contributed by atoms with van der Waals surface area (Å²) < 4.78 is 1.29. The van der Waals surface area contributed by atoms with Crippen LogP contribution in [-0.2, 0) is 24.0 Å². The number of allylic oxidation sites excluding steroid dienone is 2. The average Bonchev–Trinajstić information content (AvgIpc) is 4.36. The van der Waals surface area contributed by atoms with Crippen LogP contribution in [0.15, 0.2) is 164 Å². The third kappa shape index (κ3) is 12.7. The van der Waals surface area contributed by atoms with Crippen molar-refractivity contribution in [3.05, 3.63) is 190 Å². The lowest BCUT2D eigenvalue weighted by atomic mass is 9.78. The Morgan fingerprint density at radius 2 is 0.671 bits per heavy atom. The normalized spacial score (nSPS) is 36.4. The van der Waals surface area contributed by atoms with Crippen molar-refractivity contribution in [2.24, 2.45) is 88.8 Å². The smallest absolute Gasteiger partial charge is 0.123 e. The summed E-state index contributed by atoms with van der Waals surface area (Å²) in [5, 5.41) is 0. The van der Waals surface area contributed by atoms with Crippen molar-refractivity contribution >= 4 is 54.0 Å². The fraction of sp³-hybridized carbons (Fsp3) is 0.471. The lowest BCUT2D eigenvalue weighted by Crippen LogP contribution is -2.19. The lowest BCUT2D eigenvalue weighted by molar-refractivity contribution is -0.113. The third-order valence-corrected chi connectivity index (χ3v) is 21.1. The van der Waals surface area contributed by atoms with Gasteiger partial charge in [-0.05, 0) is 230 Å². The fourth-order valence-corrected chi connectivity index (χ4v) is 17.3. The third-order valence-electron chi connectivity index (χ3n) is 20.4. The van der Waals surface area contributed by atoms with Gasteiger partial charge in [-0.2, -0.15) is 0 Å². The quantitative estimate of drug-likeness (QED) is 0.0834. The minimum absolute atomic E-state index is 0.342. The molecule has 9 saturated carbocycles.